The maximum absolute atomic E-state index is 12.5. The maximum atomic E-state index is 12.5. The van der Waals surface area contributed by atoms with Gasteiger partial charge in [0.15, 0.2) is 0 Å². The summed E-state index contributed by atoms with van der Waals surface area (Å²) in [7, 11) is 0. The number of aliphatic hydroxyl groups excluding tert-OH is 1. The molecule has 0 radical (unpaired) electrons. The van der Waals surface area contributed by atoms with Crippen LogP contribution in [0, 0.1) is 12.0 Å². The molecule has 4 heteroatoms. The fourth-order valence-corrected chi connectivity index (χ4v) is 1.93. The van der Waals surface area contributed by atoms with Crippen LogP contribution in [-0.4, -0.2) is 5.11 Å². The molecule has 0 saturated heterocycles. The zero-order chi connectivity index (χ0) is 14.6. The fraction of sp³-hybridized carbons (Fsp3) is 0.125. The molecule has 1 N–H and O–H groups in total. The van der Waals surface area contributed by atoms with Crippen LogP contribution in [0.2, 0.25) is 0 Å². The lowest BCUT2D eigenvalue weighted by atomic mass is 9.91. The van der Waals surface area contributed by atoms with Crippen molar-refractivity contribution >= 4 is 0 Å². The number of hydrogen-bond donors (Lipinski definition) is 1. The Morgan fingerprint density at radius 3 is 1.90 bits per heavy atom. The molecule has 0 aliphatic heterocycles. The Bertz CT molecular complexity index is 619. The van der Waals surface area contributed by atoms with Crippen molar-refractivity contribution in [1.29, 1.82) is 0 Å². The van der Waals surface area contributed by atoms with Crippen molar-refractivity contribution in [2.45, 2.75) is 12.1 Å². The van der Waals surface area contributed by atoms with Crippen LogP contribution in [0.25, 0.3) is 0 Å². The van der Waals surface area contributed by atoms with E-state index in [9.17, 15) is 13.2 Å². The molecular weight excluding hydrogens is 265 g/mol. The first-order valence-corrected chi connectivity index (χ1v) is 5.89. The van der Waals surface area contributed by atoms with Gasteiger partial charge in [0.25, 0.3) is 0 Å². The predicted molar refractivity (Wildman–Crippen MR) is 69.4 cm³/mol. The molecule has 2 rings (SSSR count). The molecule has 2 aromatic carbocycles. The summed E-state index contributed by atoms with van der Waals surface area (Å²) < 4.78 is 37.6. The first-order valence-electron chi connectivity index (χ1n) is 5.89. The van der Waals surface area contributed by atoms with E-state index in [0.717, 1.165) is 17.7 Å². The molecule has 102 valence electrons. The number of benzene rings is 2. The summed E-state index contributed by atoms with van der Waals surface area (Å²) in [5.74, 6) is 2.14. The lowest BCUT2D eigenvalue weighted by molar-refractivity contribution is -0.137. The van der Waals surface area contributed by atoms with Gasteiger partial charge in [-0.05, 0) is 29.2 Å². The van der Waals surface area contributed by atoms with E-state index in [2.05, 4.69) is 5.92 Å². The standard InChI is InChI=1S/C16H11F3O/c17-16(18,19)14-8-6-13(7-9-14)15(10-11-20)12-4-2-1-3-5-12/h1-9,15,20H. The van der Waals surface area contributed by atoms with E-state index >= 15 is 0 Å². The Kier molecular flexibility index (Phi) is 3.99. The number of alkyl halides is 3. The van der Waals surface area contributed by atoms with Crippen LogP contribution in [0.15, 0.2) is 54.6 Å². The van der Waals surface area contributed by atoms with Crippen molar-refractivity contribution < 1.29 is 18.3 Å². The minimum Gasteiger partial charge on any atom is -0.462 e. The largest absolute Gasteiger partial charge is 0.462 e. The molecule has 1 nitrogen and oxygen atoms in total. The van der Waals surface area contributed by atoms with Crippen LogP contribution in [0.5, 0.6) is 0 Å². The van der Waals surface area contributed by atoms with E-state index in [4.69, 9.17) is 5.11 Å². The van der Waals surface area contributed by atoms with E-state index in [1.54, 1.807) is 0 Å². The average molecular weight is 276 g/mol. The minimum absolute atomic E-state index is 0.455. The molecule has 0 bridgehead atoms. The third-order valence-corrected chi connectivity index (χ3v) is 2.91. The highest BCUT2D eigenvalue weighted by Crippen LogP contribution is 2.31. The second-order valence-corrected chi connectivity index (χ2v) is 4.22. The molecule has 1 atom stereocenters. The molecular formula is C16H11F3O. The Labute approximate surface area is 114 Å². The van der Waals surface area contributed by atoms with Gasteiger partial charge in [0.1, 0.15) is 6.11 Å². The third kappa shape index (κ3) is 3.12. The van der Waals surface area contributed by atoms with Crippen LogP contribution >= 0.6 is 0 Å². The first kappa shape index (κ1) is 14.0. The van der Waals surface area contributed by atoms with Crippen molar-refractivity contribution in [3.05, 3.63) is 71.3 Å². The number of aliphatic hydroxyl groups is 1. The second kappa shape index (κ2) is 5.70. The summed E-state index contributed by atoms with van der Waals surface area (Å²) in [6.07, 6.45) is -2.52. The quantitative estimate of drug-likeness (QED) is 0.816. The van der Waals surface area contributed by atoms with Crippen LogP contribution in [0.3, 0.4) is 0 Å². The SMILES string of the molecule is OC#CC(c1ccccc1)c1ccc(C(F)(F)F)cc1. The summed E-state index contributed by atoms with van der Waals surface area (Å²) >= 11 is 0. The van der Waals surface area contributed by atoms with E-state index in [0.29, 0.717) is 5.56 Å². The summed E-state index contributed by atoms with van der Waals surface area (Å²) in [5.41, 5.74) is 0.713. The summed E-state index contributed by atoms with van der Waals surface area (Å²) in [6.45, 7) is 0. The summed E-state index contributed by atoms with van der Waals surface area (Å²) in [4.78, 5) is 0. The number of halogens is 3. The molecule has 0 heterocycles. The molecule has 0 saturated carbocycles. The van der Waals surface area contributed by atoms with Gasteiger partial charge in [0, 0.05) is 0 Å². The molecule has 0 aliphatic carbocycles. The summed E-state index contributed by atoms with van der Waals surface area (Å²) in [6, 6.07) is 13.9. The lowest BCUT2D eigenvalue weighted by Gasteiger charge is -2.13. The van der Waals surface area contributed by atoms with Crippen LogP contribution in [-0.2, 0) is 6.18 Å². The lowest BCUT2D eigenvalue weighted by Crippen LogP contribution is -2.05. The van der Waals surface area contributed by atoms with Gasteiger partial charge in [-0.3, -0.25) is 0 Å². The van der Waals surface area contributed by atoms with Crippen molar-refractivity contribution in [3.8, 4) is 12.0 Å². The molecule has 0 aromatic heterocycles. The van der Waals surface area contributed by atoms with Gasteiger partial charge < -0.3 is 5.11 Å². The van der Waals surface area contributed by atoms with Crippen molar-refractivity contribution in [1.82, 2.24) is 0 Å². The molecule has 0 fully saturated rings. The smallest absolute Gasteiger partial charge is 0.416 e. The van der Waals surface area contributed by atoms with Crippen molar-refractivity contribution in [2.75, 3.05) is 0 Å². The third-order valence-electron chi connectivity index (χ3n) is 2.91. The monoisotopic (exact) mass is 276 g/mol. The van der Waals surface area contributed by atoms with E-state index in [-0.39, 0.29) is 0 Å². The molecule has 2 aromatic rings. The van der Waals surface area contributed by atoms with E-state index in [1.807, 2.05) is 36.4 Å². The predicted octanol–water partition coefficient (Wildman–Crippen LogP) is 4.17. The molecule has 0 aliphatic rings. The van der Waals surface area contributed by atoms with Gasteiger partial charge in [-0.25, -0.2) is 0 Å². The van der Waals surface area contributed by atoms with E-state index in [1.165, 1.54) is 12.1 Å². The topological polar surface area (TPSA) is 20.2 Å². The van der Waals surface area contributed by atoms with Gasteiger partial charge in [-0.15, -0.1) is 0 Å². The van der Waals surface area contributed by atoms with Gasteiger partial charge in [-0.2, -0.15) is 13.2 Å². The molecule has 0 spiro atoms. The average Bonchev–Trinajstić information content (AvgIpc) is 2.45. The molecule has 20 heavy (non-hydrogen) atoms. The Morgan fingerprint density at radius 2 is 1.40 bits per heavy atom. The first-order chi connectivity index (χ1) is 9.52. The van der Waals surface area contributed by atoms with Gasteiger partial charge >= 0.3 is 6.18 Å². The van der Waals surface area contributed by atoms with Crippen molar-refractivity contribution in [2.24, 2.45) is 0 Å². The maximum Gasteiger partial charge on any atom is 0.416 e. The highest BCUT2D eigenvalue weighted by atomic mass is 19.4. The Morgan fingerprint density at radius 1 is 0.850 bits per heavy atom. The Balaban J connectivity index is 2.38. The van der Waals surface area contributed by atoms with Gasteiger partial charge in [-0.1, -0.05) is 42.5 Å². The normalized spacial score (nSPS) is 12.3. The van der Waals surface area contributed by atoms with Crippen LogP contribution < -0.4 is 0 Å². The zero-order valence-electron chi connectivity index (χ0n) is 10.4. The van der Waals surface area contributed by atoms with Gasteiger partial charge in [0.2, 0.25) is 0 Å². The minimum atomic E-state index is -4.36. The fourth-order valence-electron chi connectivity index (χ4n) is 1.93. The van der Waals surface area contributed by atoms with Gasteiger partial charge in [0.05, 0.1) is 11.5 Å². The highest BCUT2D eigenvalue weighted by Gasteiger charge is 2.30. The summed E-state index contributed by atoms with van der Waals surface area (Å²) in [5, 5.41) is 8.80. The highest BCUT2D eigenvalue weighted by molar-refractivity contribution is 5.40. The Hall–Kier alpha value is -2.41. The zero-order valence-corrected chi connectivity index (χ0v) is 10.4. The number of rotatable bonds is 2. The number of hydrogen-bond acceptors (Lipinski definition) is 1. The van der Waals surface area contributed by atoms with Crippen LogP contribution in [0.4, 0.5) is 13.2 Å². The van der Waals surface area contributed by atoms with Crippen molar-refractivity contribution in [3.63, 3.8) is 0 Å². The second-order valence-electron chi connectivity index (χ2n) is 4.22. The molecule has 1 unspecified atom stereocenters. The van der Waals surface area contributed by atoms with E-state index < -0.39 is 17.7 Å². The molecule has 0 amide bonds. The van der Waals surface area contributed by atoms with Crippen LogP contribution in [0.1, 0.15) is 22.6 Å².